The molecule has 5 nitrogen and oxygen atoms in total. The summed E-state index contributed by atoms with van der Waals surface area (Å²) in [5, 5.41) is 2.84. The summed E-state index contributed by atoms with van der Waals surface area (Å²) >= 11 is 2.10. The van der Waals surface area contributed by atoms with Crippen LogP contribution in [0.2, 0.25) is 0 Å². The molecule has 0 saturated carbocycles. The number of anilines is 1. The maximum atomic E-state index is 11.0. The Morgan fingerprint density at radius 2 is 2.00 bits per heavy atom. The van der Waals surface area contributed by atoms with Gasteiger partial charge in [-0.1, -0.05) is 0 Å². The van der Waals surface area contributed by atoms with Gasteiger partial charge in [-0.15, -0.1) is 0 Å². The number of primary amides is 1. The molecule has 0 bridgehead atoms. The van der Waals surface area contributed by atoms with Crippen LogP contribution in [0, 0.1) is 3.57 Å². The van der Waals surface area contributed by atoms with E-state index in [1.807, 2.05) is 0 Å². The average Bonchev–Trinajstić information content (AvgIpc) is 2.08. The molecule has 1 heterocycles. The van der Waals surface area contributed by atoms with Crippen molar-refractivity contribution in [3.8, 4) is 0 Å². The van der Waals surface area contributed by atoms with E-state index in [1.165, 1.54) is 0 Å². The molecule has 6 heteroatoms. The van der Waals surface area contributed by atoms with Crippen LogP contribution in [0.4, 0.5) is 5.95 Å². The van der Waals surface area contributed by atoms with Crippen molar-refractivity contribution in [2.24, 2.45) is 5.73 Å². The SMILES string of the molecule is CC(C)(Nc1ncc(I)cn1)C(N)=O. The number of amides is 1. The van der Waals surface area contributed by atoms with Crippen LogP contribution in [0.15, 0.2) is 12.4 Å². The molecule has 0 radical (unpaired) electrons. The minimum Gasteiger partial charge on any atom is -0.368 e. The first-order valence-corrected chi connectivity index (χ1v) is 5.05. The van der Waals surface area contributed by atoms with Crippen LogP contribution in [-0.2, 0) is 4.79 Å². The third-order valence-corrected chi connectivity index (χ3v) is 2.22. The quantitative estimate of drug-likeness (QED) is 0.808. The van der Waals surface area contributed by atoms with E-state index in [4.69, 9.17) is 5.73 Å². The molecule has 0 aliphatic heterocycles. The Bertz CT molecular complexity index is 336. The second kappa shape index (κ2) is 4.07. The van der Waals surface area contributed by atoms with Gasteiger partial charge in [0.05, 0.1) is 0 Å². The largest absolute Gasteiger partial charge is 0.368 e. The third-order valence-electron chi connectivity index (χ3n) is 1.66. The molecule has 76 valence electrons. The fraction of sp³-hybridized carbons (Fsp3) is 0.375. The molecule has 1 amide bonds. The van der Waals surface area contributed by atoms with Crippen molar-refractivity contribution >= 4 is 34.4 Å². The highest BCUT2D eigenvalue weighted by atomic mass is 127. The molecule has 0 fully saturated rings. The van der Waals surface area contributed by atoms with Crippen LogP contribution >= 0.6 is 22.6 Å². The summed E-state index contributed by atoms with van der Waals surface area (Å²) in [6.45, 7) is 3.35. The van der Waals surface area contributed by atoms with E-state index in [9.17, 15) is 4.79 Å². The van der Waals surface area contributed by atoms with Gasteiger partial charge in [0.1, 0.15) is 5.54 Å². The van der Waals surface area contributed by atoms with E-state index >= 15 is 0 Å². The number of hydrogen-bond donors (Lipinski definition) is 2. The third kappa shape index (κ3) is 2.79. The van der Waals surface area contributed by atoms with Gasteiger partial charge in [-0.3, -0.25) is 4.79 Å². The Hall–Kier alpha value is -0.920. The lowest BCUT2D eigenvalue weighted by atomic mass is 10.1. The molecular formula is C8H11IN4O. The van der Waals surface area contributed by atoms with Crippen LogP contribution in [0.3, 0.4) is 0 Å². The van der Waals surface area contributed by atoms with Gasteiger partial charge >= 0.3 is 0 Å². The number of carbonyl (C=O) groups is 1. The number of carbonyl (C=O) groups excluding carboxylic acids is 1. The maximum Gasteiger partial charge on any atom is 0.242 e. The fourth-order valence-electron chi connectivity index (χ4n) is 0.718. The molecule has 1 rings (SSSR count). The zero-order valence-electron chi connectivity index (χ0n) is 7.91. The standard InChI is InChI=1S/C8H11IN4O/c1-8(2,6(10)14)13-7-11-3-5(9)4-12-7/h3-4H,1-2H3,(H2,10,14)(H,11,12,13). The average molecular weight is 306 g/mol. The lowest BCUT2D eigenvalue weighted by molar-refractivity contribution is -0.121. The Balaban J connectivity index is 2.79. The van der Waals surface area contributed by atoms with Gasteiger partial charge in [-0.2, -0.15) is 0 Å². The molecule has 0 aliphatic rings. The first-order chi connectivity index (χ1) is 6.42. The highest BCUT2D eigenvalue weighted by Gasteiger charge is 2.25. The highest BCUT2D eigenvalue weighted by Crippen LogP contribution is 2.10. The summed E-state index contributed by atoms with van der Waals surface area (Å²) in [7, 11) is 0. The van der Waals surface area contributed by atoms with Crippen LogP contribution < -0.4 is 11.1 Å². The van der Waals surface area contributed by atoms with E-state index in [-0.39, 0.29) is 0 Å². The van der Waals surface area contributed by atoms with Crippen LogP contribution in [0.5, 0.6) is 0 Å². The van der Waals surface area contributed by atoms with Crippen molar-refractivity contribution in [2.45, 2.75) is 19.4 Å². The number of nitrogens with zero attached hydrogens (tertiary/aromatic N) is 2. The smallest absolute Gasteiger partial charge is 0.242 e. The molecule has 0 atom stereocenters. The lowest BCUT2D eigenvalue weighted by Crippen LogP contribution is -2.45. The summed E-state index contributed by atoms with van der Waals surface area (Å²) in [5.74, 6) is -0.0473. The molecular weight excluding hydrogens is 295 g/mol. The second-order valence-corrected chi connectivity index (χ2v) is 4.58. The van der Waals surface area contributed by atoms with E-state index in [0.29, 0.717) is 5.95 Å². The number of nitrogens with two attached hydrogens (primary N) is 1. The highest BCUT2D eigenvalue weighted by molar-refractivity contribution is 14.1. The predicted molar refractivity (Wildman–Crippen MR) is 61.6 cm³/mol. The minimum atomic E-state index is -0.840. The Labute approximate surface area is 95.6 Å². The molecule has 14 heavy (non-hydrogen) atoms. The van der Waals surface area contributed by atoms with Gasteiger partial charge in [0.2, 0.25) is 11.9 Å². The van der Waals surface area contributed by atoms with Gasteiger partial charge < -0.3 is 11.1 Å². The molecule has 0 aromatic carbocycles. The number of halogens is 1. The summed E-state index contributed by atoms with van der Waals surface area (Å²) in [6, 6.07) is 0. The van der Waals surface area contributed by atoms with E-state index < -0.39 is 11.4 Å². The summed E-state index contributed by atoms with van der Waals surface area (Å²) < 4.78 is 0.935. The second-order valence-electron chi connectivity index (χ2n) is 3.34. The van der Waals surface area contributed by atoms with Gasteiger partial charge in [-0.05, 0) is 36.4 Å². The fourth-order valence-corrected chi connectivity index (χ4v) is 0.996. The Morgan fingerprint density at radius 1 is 1.50 bits per heavy atom. The van der Waals surface area contributed by atoms with E-state index in [1.54, 1.807) is 26.2 Å². The van der Waals surface area contributed by atoms with Gasteiger partial charge in [0.25, 0.3) is 0 Å². The van der Waals surface area contributed by atoms with Crippen molar-refractivity contribution in [3.63, 3.8) is 0 Å². The zero-order chi connectivity index (χ0) is 10.8. The monoisotopic (exact) mass is 306 g/mol. The van der Waals surface area contributed by atoms with Gasteiger partial charge in [0.15, 0.2) is 0 Å². The van der Waals surface area contributed by atoms with Crippen molar-refractivity contribution < 1.29 is 4.79 Å². The first kappa shape index (κ1) is 11.2. The van der Waals surface area contributed by atoms with Crippen molar-refractivity contribution in [2.75, 3.05) is 5.32 Å². The maximum absolute atomic E-state index is 11.0. The Morgan fingerprint density at radius 3 is 2.43 bits per heavy atom. The lowest BCUT2D eigenvalue weighted by Gasteiger charge is -2.21. The topological polar surface area (TPSA) is 80.9 Å². The Kier molecular flexibility index (Phi) is 3.25. The molecule has 0 unspecified atom stereocenters. The van der Waals surface area contributed by atoms with Crippen LogP contribution in [0.25, 0.3) is 0 Å². The molecule has 0 aliphatic carbocycles. The van der Waals surface area contributed by atoms with Gasteiger partial charge in [0, 0.05) is 16.0 Å². The molecule has 1 aromatic heterocycles. The molecule has 1 aromatic rings. The zero-order valence-corrected chi connectivity index (χ0v) is 10.1. The van der Waals surface area contributed by atoms with Gasteiger partial charge in [-0.25, -0.2) is 9.97 Å². The van der Waals surface area contributed by atoms with Crippen LogP contribution in [-0.4, -0.2) is 21.4 Å². The number of rotatable bonds is 3. The normalized spacial score (nSPS) is 11.1. The van der Waals surface area contributed by atoms with Crippen molar-refractivity contribution in [1.29, 1.82) is 0 Å². The predicted octanol–water partition coefficient (Wildman–Crippen LogP) is 0.757. The van der Waals surface area contributed by atoms with E-state index in [2.05, 4.69) is 37.9 Å². The summed E-state index contributed by atoms with van der Waals surface area (Å²) in [5.41, 5.74) is 4.35. The van der Waals surface area contributed by atoms with Crippen molar-refractivity contribution in [3.05, 3.63) is 16.0 Å². The molecule has 0 saturated heterocycles. The first-order valence-electron chi connectivity index (χ1n) is 3.97. The van der Waals surface area contributed by atoms with E-state index in [0.717, 1.165) is 3.57 Å². The summed E-state index contributed by atoms with van der Waals surface area (Å²) in [4.78, 5) is 19.0. The van der Waals surface area contributed by atoms with Crippen molar-refractivity contribution in [1.82, 2.24) is 9.97 Å². The molecule has 0 spiro atoms. The number of aromatic nitrogens is 2. The minimum absolute atomic E-state index is 0.397. The van der Waals surface area contributed by atoms with Crippen LogP contribution in [0.1, 0.15) is 13.8 Å². The number of hydrogen-bond acceptors (Lipinski definition) is 4. The molecule has 3 N–H and O–H groups in total. The summed E-state index contributed by atoms with van der Waals surface area (Å²) in [6.07, 6.45) is 3.32. The number of nitrogens with one attached hydrogen (secondary N) is 1.